The highest BCUT2D eigenvalue weighted by Gasteiger charge is 2.28. The van der Waals surface area contributed by atoms with Gasteiger partial charge < -0.3 is 9.67 Å². The van der Waals surface area contributed by atoms with Crippen molar-refractivity contribution < 1.29 is 18.3 Å². The lowest BCUT2D eigenvalue weighted by atomic mass is 9.98. The zero-order chi connectivity index (χ0) is 15.6. The van der Waals surface area contributed by atoms with Crippen LogP contribution in [-0.4, -0.2) is 47.4 Å². The van der Waals surface area contributed by atoms with E-state index in [0.717, 1.165) is 30.0 Å². The van der Waals surface area contributed by atoms with Gasteiger partial charge in [0.05, 0.1) is 6.33 Å². The predicted molar refractivity (Wildman–Crippen MR) is 76.3 cm³/mol. The van der Waals surface area contributed by atoms with Crippen LogP contribution < -0.4 is 0 Å². The average Bonchev–Trinajstić information content (AvgIpc) is 3.07. The van der Waals surface area contributed by atoms with E-state index in [1.165, 1.54) is 31.2 Å². The van der Waals surface area contributed by atoms with Gasteiger partial charge in [-0.2, -0.15) is 0 Å². The molecule has 2 rings (SSSR count). The van der Waals surface area contributed by atoms with Gasteiger partial charge in [-0.3, -0.25) is 0 Å². The zero-order valence-electron chi connectivity index (χ0n) is 12.3. The molecule has 118 valence electrons. The Bertz CT molecular complexity index is 603. The molecule has 0 aromatic carbocycles. The quantitative estimate of drug-likeness (QED) is 0.855. The molecular formula is C13H21N3O4S. The monoisotopic (exact) mass is 315 g/mol. The lowest BCUT2D eigenvalue weighted by Gasteiger charge is -2.17. The number of imidazole rings is 1. The lowest BCUT2D eigenvalue weighted by Crippen LogP contribution is -2.23. The number of aliphatic carboxylic acids is 1. The molecule has 0 amide bonds. The van der Waals surface area contributed by atoms with E-state index in [1.807, 2.05) is 0 Å². The number of hydrogen-bond donors (Lipinski definition) is 1. The number of hydrogen-bond acceptors (Lipinski definition) is 4. The first-order valence-corrected chi connectivity index (χ1v) is 8.45. The average molecular weight is 315 g/mol. The number of carboxylic acids is 1. The normalized spacial score (nSPS) is 18.2. The van der Waals surface area contributed by atoms with Gasteiger partial charge in [-0.25, -0.2) is 22.5 Å². The first-order valence-electron chi connectivity index (χ1n) is 7.01. The third kappa shape index (κ3) is 3.44. The van der Waals surface area contributed by atoms with Crippen molar-refractivity contribution in [2.75, 3.05) is 14.1 Å². The highest BCUT2D eigenvalue weighted by Crippen LogP contribution is 2.32. The minimum atomic E-state index is -3.63. The lowest BCUT2D eigenvalue weighted by molar-refractivity contribution is -0.141. The van der Waals surface area contributed by atoms with Gasteiger partial charge in [0.1, 0.15) is 6.04 Å². The first-order chi connectivity index (χ1) is 9.82. The van der Waals surface area contributed by atoms with Crippen molar-refractivity contribution in [2.45, 2.75) is 43.2 Å². The maximum absolute atomic E-state index is 12.0. The van der Waals surface area contributed by atoms with E-state index in [9.17, 15) is 18.3 Å². The minimum absolute atomic E-state index is 0.120. The molecule has 0 radical (unpaired) electrons. The third-order valence-electron chi connectivity index (χ3n) is 4.00. The highest BCUT2D eigenvalue weighted by molar-refractivity contribution is 7.89. The van der Waals surface area contributed by atoms with Gasteiger partial charge in [0.2, 0.25) is 0 Å². The highest BCUT2D eigenvalue weighted by atomic mass is 32.2. The van der Waals surface area contributed by atoms with Crippen LogP contribution in [0, 0.1) is 5.92 Å². The summed E-state index contributed by atoms with van der Waals surface area (Å²) in [5, 5.41) is 9.28. The molecule has 1 atom stereocenters. The van der Waals surface area contributed by atoms with Crippen LogP contribution in [0.2, 0.25) is 0 Å². The Kier molecular flexibility index (Phi) is 4.67. The van der Waals surface area contributed by atoms with Crippen LogP contribution in [-0.2, 0) is 14.8 Å². The molecule has 0 spiro atoms. The largest absolute Gasteiger partial charge is 0.480 e. The van der Waals surface area contributed by atoms with Gasteiger partial charge in [-0.15, -0.1) is 0 Å². The van der Waals surface area contributed by atoms with Crippen LogP contribution >= 0.6 is 0 Å². The number of rotatable bonds is 6. The van der Waals surface area contributed by atoms with Crippen LogP contribution in [0.1, 0.15) is 38.1 Å². The Hall–Kier alpha value is -1.41. The summed E-state index contributed by atoms with van der Waals surface area (Å²) in [5.74, 6) is -0.560. The Morgan fingerprint density at radius 3 is 2.62 bits per heavy atom. The summed E-state index contributed by atoms with van der Waals surface area (Å²) < 4.78 is 26.4. The number of aromatic nitrogens is 2. The second kappa shape index (κ2) is 6.15. The number of carboxylic acid groups (broad SMARTS) is 1. The molecule has 8 heteroatoms. The minimum Gasteiger partial charge on any atom is -0.480 e. The van der Waals surface area contributed by atoms with E-state index in [2.05, 4.69) is 4.98 Å². The van der Waals surface area contributed by atoms with Gasteiger partial charge in [-0.05, 0) is 12.3 Å². The molecule has 1 aromatic heterocycles. The second-order valence-corrected chi connectivity index (χ2v) is 7.79. The van der Waals surface area contributed by atoms with Crippen LogP contribution in [0.3, 0.4) is 0 Å². The van der Waals surface area contributed by atoms with E-state index in [4.69, 9.17) is 0 Å². The van der Waals surface area contributed by atoms with E-state index in [-0.39, 0.29) is 5.03 Å². The second-order valence-electron chi connectivity index (χ2n) is 5.69. The van der Waals surface area contributed by atoms with Gasteiger partial charge >= 0.3 is 5.97 Å². The van der Waals surface area contributed by atoms with Crippen LogP contribution in [0.5, 0.6) is 0 Å². The first kappa shape index (κ1) is 16.0. The summed E-state index contributed by atoms with van der Waals surface area (Å²) in [7, 11) is -0.798. The molecule has 0 saturated heterocycles. The standard InChI is InChI=1S/C13H21N3O4S/c1-15(2)21(19,20)12-8-16(9-14-12)11(13(17)18)7-10-5-3-4-6-10/h8-11H,3-7H2,1-2H3,(H,17,18)/t11-/m0/s1. The number of nitrogens with zero attached hydrogens (tertiary/aromatic N) is 3. The Morgan fingerprint density at radius 1 is 1.48 bits per heavy atom. The fraction of sp³-hybridized carbons (Fsp3) is 0.692. The smallest absolute Gasteiger partial charge is 0.326 e. The molecule has 1 aliphatic rings. The fourth-order valence-electron chi connectivity index (χ4n) is 2.72. The van der Waals surface area contributed by atoms with Crippen LogP contribution in [0.25, 0.3) is 0 Å². The SMILES string of the molecule is CN(C)S(=O)(=O)c1cn([C@@H](CC2CCCC2)C(=O)O)cn1. The van der Waals surface area contributed by atoms with Gasteiger partial charge in [0.25, 0.3) is 10.0 Å². The molecule has 1 aliphatic carbocycles. The van der Waals surface area contributed by atoms with Crippen LogP contribution in [0.15, 0.2) is 17.6 Å². The molecule has 21 heavy (non-hydrogen) atoms. The topological polar surface area (TPSA) is 92.5 Å². The maximum atomic E-state index is 12.0. The molecule has 1 aromatic rings. The van der Waals surface area contributed by atoms with E-state index < -0.39 is 22.0 Å². The number of sulfonamides is 1. The van der Waals surface area contributed by atoms with Crippen molar-refractivity contribution in [3.63, 3.8) is 0 Å². The molecule has 1 fully saturated rings. The van der Waals surface area contributed by atoms with Crippen molar-refractivity contribution in [3.05, 3.63) is 12.5 Å². The Balaban J connectivity index is 2.22. The molecule has 7 nitrogen and oxygen atoms in total. The van der Waals surface area contributed by atoms with Crippen molar-refractivity contribution in [1.82, 2.24) is 13.9 Å². The van der Waals surface area contributed by atoms with E-state index >= 15 is 0 Å². The molecule has 1 heterocycles. The molecule has 0 unspecified atom stereocenters. The summed E-state index contributed by atoms with van der Waals surface area (Å²) in [6.07, 6.45) is 7.49. The molecule has 0 bridgehead atoms. The van der Waals surface area contributed by atoms with E-state index in [0.29, 0.717) is 12.3 Å². The molecular weight excluding hydrogens is 294 g/mol. The Labute approximate surface area is 124 Å². The summed E-state index contributed by atoms with van der Waals surface area (Å²) in [6, 6.07) is -0.758. The molecule has 0 aliphatic heterocycles. The van der Waals surface area contributed by atoms with Crippen LogP contribution in [0.4, 0.5) is 0 Å². The summed E-state index contributed by atoms with van der Waals surface area (Å²) >= 11 is 0. The summed E-state index contributed by atoms with van der Waals surface area (Å²) in [6.45, 7) is 0. The maximum Gasteiger partial charge on any atom is 0.326 e. The van der Waals surface area contributed by atoms with E-state index in [1.54, 1.807) is 0 Å². The van der Waals surface area contributed by atoms with Crippen molar-refractivity contribution in [2.24, 2.45) is 5.92 Å². The number of carbonyl (C=O) groups is 1. The predicted octanol–water partition coefficient (Wildman–Crippen LogP) is 1.34. The van der Waals surface area contributed by atoms with Crippen molar-refractivity contribution in [1.29, 1.82) is 0 Å². The van der Waals surface area contributed by atoms with Gasteiger partial charge in [0, 0.05) is 20.3 Å². The summed E-state index contributed by atoms with van der Waals surface area (Å²) in [5.41, 5.74) is 0. The molecule has 1 N–H and O–H groups in total. The zero-order valence-corrected chi connectivity index (χ0v) is 13.1. The Morgan fingerprint density at radius 2 is 2.10 bits per heavy atom. The molecule has 1 saturated carbocycles. The van der Waals surface area contributed by atoms with Crippen molar-refractivity contribution >= 4 is 16.0 Å². The van der Waals surface area contributed by atoms with Gasteiger partial charge in [0.15, 0.2) is 5.03 Å². The summed E-state index contributed by atoms with van der Waals surface area (Å²) in [4.78, 5) is 15.3. The fourth-order valence-corrected chi connectivity index (χ4v) is 3.53. The van der Waals surface area contributed by atoms with Crippen molar-refractivity contribution in [3.8, 4) is 0 Å². The third-order valence-corrected chi connectivity index (χ3v) is 5.70. The van der Waals surface area contributed by atoms with Gasteiger partial charge in [-0.1, -0.05) is 25.7 Å².